The first-order valence-electron chi connectivity index (χ1n) is 7.70. The predicted molar refractivity (Wildman–Crippen MR) is 90.6 cm³/mol. The smallest absolute Gasteiger partial charge is 0.274 e. The second-order valence-electron chi connectivity index (χ2n) is 5.15. The monoisotopic (exact) mass is 311 g/mol. The number of anilines is 1. The third-order valence-corrected chi connectivity index (χ3v) is 3.64. The molecule has 0 unspecified atom stereocenters. The Labute approximate surface area is 136 Å². The van der Waals surface area contributed by atoms with E-state index in [1.54, 1.807) is 23.1 Å². The highest BCUT2D eigenvalue weighted by Gasteiger charge is 2.16. The molecule has 1 heterocycles. The number of benzene rings is 1. The Balaban J connectivity index is 2.21. The fraction of sp³-hybridized carbons (Fsp3) is 0.278. The Morgan fingerprint density at radius 3 is 2.30 bits per heavy atom. The molecule has 120 valence electrons. The number of aromatic nitrogens is 1. The van der Waals surface area contributed by atoms with Gasteiger partial charge in [0.25, 0.3) is 11.8 Å². The van der Waals surface area contributed by atoms with Gasteiger partial charge in [0.1, 0.15) is 11.4 Å². The highest BCUT2D eigenvalue weighted by Crippen LogP contribution is 2.14. The first kappa shape index (κ1) is 16.7. The fourth-order valence-corrected chi connectivity index (χ4v) is 2.25. The van der Waals surface area contributed by atoms with Crippen molar-refractivity contribution < 1.29 is 9.59 Å². The summed E-state index contributed by atoms with van der Waals surface area (Å²) >= 11 is 0. The number of hydrogen-bond acceptors (Lipinski definition) is 3. The lowest BCUT2D eigenvalue weighted by atomic mass is 10.2. The first-order valence-corrected chi connectivity index (χ1v) is 7.70. The number of rotatable bonds is 5. The molecule has 5 nitrogen and oxygen atoms in total. The number of hydrogen-bond donors (Lipinski definition) is 1. The largest absolute Gasteiger partial charge is 0.338 e. The van der Waals surface area contributed by atoms with E-state index in [0.29, 0.717) is 13.1 Å². The van der Waals surface area contributed by atoms with Crippen molar-refractivity contribution in [3.63, 3.8) is 0 Å². The van der Waals surface area contributed by atoms with Crippen LogP contribution in [0.1, 0.15) is 40.4 Å². The van der Waals surface area contributed by atoms with Gasteiger partial charge in [0.2, 0.25) is 0 Å². The molecule has 0 radical (unpaired) electrons. The van der Waals surface area contributed by atoms with Gasteiger partial charge in [0.15, 0.2) is 0 Å². The molecule has 1 N–H and O–H groups in total. The van der Waals surface area contributed by atoms with Crippen LogP contribution in [0.5, 0.6) is 0 Å². The lowest BCUT2D eigenvalue weighted by molar-refractivity contribution is 0.0767. The van der Waals surface area contributed by atoms with Crippen LogP contribution < -0.4 is 5.32 Å². The SMILES string of the molecule is CCN(CC)C(=O)c1cccc(C(=O)Nc2ccccc2C)n1. The summed E-state index contributed by atoms with van der Waals surface area (Å²) < 4.78 is 0. The van der Waals surface area contributed by atoms with Gasteiger partial charge in [0, 0.05) is 18.8 Å². The van der Waals surface area contributed by atoms with Gasteiger partial charge in [-0.25, -0.2) is 4.98 Å². The maximum Gasteiger partial charge on any atom is 0.274 e. The molecular weight excluding hydrogens is 290 g/mol. The van der Waals surface area contributed by atoms with E-state index in [0.717, 1.165) is 11.3 Å². The van der Waals surface area contributed by atoms with Gasteiger partial charge in [-0.1, -0.05) is 24.3 Å². The summed E-state index contributed by atoms with van der Waals surface area (Å²) in [6.07, 6.45) is 0. The topological polar surface area (TPSA) is 62.3 Å². The van der Waals surface area contributed by atoms with Gasteiger partial charge in [-0.15, -0.1) is 0 Å². The van der Waals surface area contributed by atoms with Crippen molar-refractivity contribution in [1.82, 2.24) is 9.88 Å². The molecule has 0 aliphatic carbocycles. The van der Waals surface area contributed by atoms with Crippen LogP contribution in [-0.4, -0.2) is 34.8 Å². The van der Waals surface area contributed by atoms with E-state index in [2.05, 4.69) is 10.3 Å². The zero-order chi connectivity index (χ0) is 16.8. The number of carbonyl (C=O) groups is 2. The predicted octanol–water partition coefficient (Wildman–Crippen LogP) is 3.12. The standard InChI is InChI=1S/C18H21N3O2/c1-4-21(5-2)18(23)16-12-8-11-15(19-16)17(22)20-14-10-7-6-9-13(14)3/h6-12H,4-5H2,1-3H3,(H,20,22). The quantitative estimate of drug-likeness (QED) is 0.923. The molecule has 2 rings (SSSR count). The van der Waals surface area contributed by atoms with Crippen LogP contribution in [-0.2, 0) is 0 Å². The lowest BCUT2D eigenvalue weighted by Gasteiger charge is -2.18. The highest BCUT2D eigenvalue weighted by atomic mass is 16.2. The van der Waals surface area contributed by atoms with Crippen molar-refractivity contribution in [3.8, 4) is 0 Å². The van der Waals surface area contributed by atoms with Crippen LogP contribution >= 0.6 is 0 Å². The molecule has 0 aliphatic heterocycles. The van der Waals surface area contributed by atoms with Gasteiger partial charge in [0.05, 0.1) is 0 Å². The molecule has 0 spiro atoms. The molecule has 0 atom stereocenters. The van der Waals surface area contributed by atoms with Crippen molar-refractivity contribution in [1.29, 1.82) is 0 Å². The van der Waals surface area contributed by atoms with Crippen molar-refractivity contribution in [2.75, 3.05) is 18.4 Å². The van der Waals surface area contributed by atoms with Crippen molar-refractivity contribution >= 4 is 17.5 Å². The van der Waals surface area contributed by atoms with E-state index >= 15 is 0 Å². The Morgan fingerprint density at radius 1 is 1.00 bits per heavy atom. The fourth-order valence-electron chi connectivity index (χ4n) is 2.25. The number of para-hydroxylation sites is 1. The van der Waals surface area contributed by atoms with E-state index < -0.39 is 0 Å². The third kappa shape index (κ3) is 3.94. The zero-order valence-corrected chi connectivity index (χ0v) is 13.7. The molecule has 1 aromatic carbocycles. The lowest BCUT2D eigenvalue weighted by Crippen LogP contribution is -2.31. The van der Waals surface area contributed by atoms with Gasteiger partial charge in [-0.2, -0.15) is 0 Å². The molecular formula is C18H21N3O2. The van der Waals surface area contributed by atoms with E-state index in [4.69, 9.17) is 0 Å². The normalized spacial score (nSPS) is 10.2. The van der Waals surface area contributed by atoms with E-state index in [1.807, 2.05) is 45.0 Å². The zero-order valence-electron chi connectivity index (χ0n) is 13.7. The Bertz CT molecular complexity index is 709. The van der Waals surface area contributed by atoms with Crippen molar-refractivity contribution in [3.05, 3.63) is 59.4 Å². The maximum absolute atomic E-state index is 12.4. The van der Waals surface area contributed by atoms with Crippen LogP contribution in [0.2, 0.25) is 0 Å². The maximum atomic E-state index is 12.4. The summed E-state index contributed by atoms with van der Waals surface area (Å²) in [5.74, 6) is -0.492. The Kier molecular flexibility index (Phi) is 5.46. The molecule has 2 aromatic rings. The average molecular weight is 311 g/mol. The highest BCUT2D eigenvalue weighted by molar-refractivity contribution is 6.04. The second kappa shape index (κ2) is 7.54. The van der Waals surface area contributed by atoms with E-state index in [1.165, 1.54) is 0 Å². The van der Waals surface area contributed by atoms with Gasteiger partial charge in [-0.3, -0.25) is 9.59 Å². The van der Waals surface area contributed by atoms with Gasteiger partial charge < -0.3 is 10.2 Å². The third-order valence-electron chi connectivity index (χ3n) is 3.64. The molecule has 0 aliphatic rings. The number of pyridine rings is 1. The summed E-state index contributed by atoms with van der Waals surface area (Å²) in [5, 5.41) is 2.82. The van der Waals surface area contributed by atoms with Crippen LogP contribution in [0.25, 0.3) is 0 Å². The van der Waals surface area contributed by atoms with Crippen LogP contribution in [0.15, 0.2) is 42.5 Å². The minimum absolute atomic E-state index is 0.166. The number of carbonyl (C=O) groups excluding carboxylic acids is 2. The molecule has 2 amide bonds. The number of amides is 2. The molecule has 23 heavy (non-hydrogen) atoms. The number of nitrogens with one attached hydrogen (secondary N) is 1. The number of aryl methyl sites for hydroxylation is 1. The summed E-state index contributed by atoms with van der Waals surface area (Å²) in [4.78, 5) is 30.6. The summed E-state index contributed by atoms with van der Waals surface area (Å²) in [6, 6.07) is 12.4. The Hall–Kier alpha value is -2.69. The minimum Gasteiger partial charge on any atom is -0.338 e. The van der Waals surface area contributed by atoms with Gasteiger partial charge in [-0.05, 0) is 44.5 Å². The average Bonchev–Trinajstić information content (AvgIpc) is 2.58. The minimum atomic E-state index is -0.325. The van der Waals surface area contributed by atoms with E-state index in [-0.39, 0.29) is 23.2 Å². The summed E-state index contributed by atoms with van der Waals surface area (Å²) in [5.41, 5.74) is 2.22. The summed E-state index contributed by atoms with van der Waals surface area (Å²) in [7, 11) is 0. The molecule has 0 fully saturated rings. The number of nitrogens with zero attached hydrogens (tertiary/aromatic N) is 2. The van der Waals surface area contributed by atoms with E-state index in [9.17, 15) is 9.59 Å². The molecule has 1 aromatic heterocycles. The molecule has 0 saturated heterocycles. The van der Waals surface area contributed by atoms with Crippen molar-refractivity contribution in [2.24, 2.45) is 0 Å². The van der Waals surface area contributed by atoms with Crippen molar-refractivity contribution in [2.45, 2.75) is 20.8 Å². The van der Waals surface area contributed by atoms with Gasteiger partial charge >= 0.3 is 0 Å². The van der Waals surface area contributed by atoms with Crippen LogP contribution in [0.3, 0.4) is 0 Å². The van der Waals surface area contributed by atoms with Crippen LogP contribution in [0, 0.1) is 6.92 Å². The summed E-state index contributed by atoms with van der Waals surface area (Å²) in [6.45, 7) is 6.96. The second-order valence-corrected chi connectivity index (χ2v) is 5.15. The molecule has 0 bridgehead atoms. The molecule has 5 heteroatoms. The first-order chi connectivity index (χ1) is 11.1. The Morgan fingerprint density at radius 2 is 1.65 bits per heavy atom. The van der Waals surface area contributed by atoms with Crippen LogP contribution in [0.4, 0.5) is 5.69 Å². The molecule has 0 saturated carbocycles.